The van der Waals surface area contributed by atoms with E-state index < -0.39 is 0 Å². The van der Waals surface area contributed by atoms with Gasteiger partial charge in [-0.15, -0.1) is 0 Å². The van der Waals surface area contributed by atoms with Crippen LogP contribution in [0.3, 0.4) is 0 Å². The van der Waals surface area contributed by atoms with Crippen molar-refractivity contribution in [3.05, 3.63) is 45.9 Å². The zero-order chi connectivity index (χ0) is 20.2. The van der Waals surface area contributed by atoms with Crippen LogP contribution in [0.4, 0.5) is 5.95 Å². The van der Waals surface area contributed by atoms with Gasteiger partial charge in [-0.05, 0) is 68.7 Å². The smallest absolute Gasteiger partial charge is 0.243 e. The molecule has 1 aliphatic rings. The van der Waals surface area contributed by atoms with Gasteiger partial charge in [0.2, 0.25) is 12.7 Å². The summed E-state index contributed by atoms with van der Waals surface area (Å²) >= 11 is 3.59. The van der Waals surface area contributed by atoms with E-state index in [2.05, 4.69) is 36.8 Å². The topological polar surface area (TPSA) is 92.6 Å². The van der Waals surface area contributed by atoms with Crippen LogP contribution in [0.5, 0.6) is 23.0 Å². The van der Waals surface area contributed by atoms with Crippen LogP contribution in [-0.2, 0) is 19.7 Å². The fourth-order valence-electron chi connectivity index (χ4n) is 2.93. The van der Waals surface area contributed by atoms with E-state index in [4.69, 9.17) is 18.9 Å². The summed E-state index contributed by atoms with van der Waals surface area (Å²) in [6.07, 6.45) is 0. The molecule has 0 radical (unpaired) electrons. The third-order valence-corrected chi connectivity index (χ3v) is 4.98. The molecule has 0 spiro atoms. The number of hydrogen-bond donors (Lipinski definition) is 1. The number of hydrogen-bond acceptors (Lipinski definition) is 8. The highest BCUT2D eigenvalue weighted by molar-refractivity contribution is 9.10. The molecule has 9 nitrogen and oxygen atoms in total. The average molecular weight is 462 g/mol. The first-order valence-corrected chi connectivity index (χ1v) is 9.85. The summed E-state index contributed by atoms with van der Waals surface area (Å²) < 4.78 is 24.8. The van der Waals surface area contributed by atoms with Gasteiger partial charge in [0, 0.05) is 13.1 Å². The number of rotatable bonds is 8. The van der Waals surface area contributed by atoms with Gasteiger partial charge >= 0.3 is 0 Å². The van der Waals surface area contributed by atoms with E-state index in [0.29, 0.717) is 37.1 Å². The van der Waals surface area contributed by atoms with Crippen molar-refractivity contribution in [2.24, 2.45) is 0 Å². The number of tetrazole rings is 1. The molecule has 0 amide bonds. The van der Waals surface area contributed by atoms with Crippen molar-refractivity contribution in [2.75, 3.05) is 19.2 Å². The molecule has 1 aromatic heterocycles. The van der Waals surface area contributed by atoms with E-state index in [1.165, 1.54) is 0 Å². The molecule has 29 heavy (non-hydrogen) atoms. The van der Waals surface area contributed by atoms with Crippen LogP contribution < -0.4 is 24.3 Å². The minimum absolute atomic E-state index is 0.249. The van der Waals surface area contributed by atoms with E-state index in [0.717, 1.165) is 27.1 Å². The Hall–Kier alpha value is -3.01. The van der Waals surface area contributed by atoms with Crippen LogP contribution in [0.15, 0.2) is 34.8 Å². The summed E-state index contributed by atoms with van der Waals surface area (Å²) in [7, 11) is 1.62. The van der Waals surface area contributed by atoms with Crippen molar-refractivity contribution in [1.29, 1.82) is 0 Å². The van der Waals surface area contributed by atoms with Crippen LogP contribution in [0, 0.1) is 0 Å². The largest absolute Gasteiger partial charge is 0.493 e. The Bertz CT molecular complexity index is 1010. The molecule has 0 atom stereocenters. The number of ether oxygens (including phenoxy) is 4. The van der Waals surface area contributed by atoms with E-state index >= 15 is 0 Å². The summed E-state index contributed by atoms with van der Waals surface area (Å²) in [5.41, 5.74) is 1.97. The fraction of sp³-hybridized carbons (Fsp3) is 0.316. The van der Waals surface area contributed by atoms with Gasteiger partial charge in [0.25, 0.3) is 0 Å². The Balaban J connectivity index is 1.46. The van der Waals surface area contributed by atoms with Gasteiger partial charge in [-0.25, -0.2) is 4.68 Å². The first-order chi connectivity index (χ1) is 14.2. The van der Waals surface area contributed by atoms with Crippen LogP contribution in [0.25, 0.3) is 0 Å². The second-order valence-electron chi connectivity index (χ2n) is 6.26. The Morgan fingerprint density at radius 3 is 2.86 bits per heavy atom. The van der Waals surface area contributed by atoms with E-state index in [1.807, 2.05) is 37.3 Å². The summed E-state index contributed by atoms with van der Waals surface area (Å²) in [6.45, 7) is 3.83. The van der Waals surface area contributed by atoms with Crippen molar-refractivity contribution in [2.45, 2.75) is 26.6 Å². The maximum atomic E-state index is 6.02. The molecule has 0 bridgehead atoms. The quantitative estimate of drug-likeness (QED) is 0.545. The van der Waals surface area contributed by atoms with Gasteiger partial charge in [0.1, 0.15) is 6.61 Å². The molecule has 2 heterocycles. The van der Waals surface area contributed by atoms with Gasteiger partial charge in [0.15, 0.2) is 23.0 Å². The number of fused-ring (bicyclic) bond motifs is 1. The molecule has 0 aliphatic carbocycles. The number of nitrogens with zero attached hydrogens (tertiary/aromatic N) is 4. The maximum absolute atomic E-state index is 6.02. The van der Waals surface area contributed by atoms with Crippen molar-refractivity contribution in [3.63, 3.8) is 0 Å². The molecule has 1 aliphatic heterocycles. The first-order valence-electron chi connectivity index (χ1n) is 9.05. The van der Waals surface area contributed by atoms with Gasteiger partial charge in [0.05, 0.1) is 11.6 Å². The molecule has 152 valence electrons. The number of halogens is 1. The molecular weight excluding hydrogens is 442 g/mol. The molecule has 0 saturated heterocycles. The van der Waals surface area contributed by atoms with Crippen LogP contribution in [0.1, 0.15) is 18.1 Å². The van der Waals surface area contributed by atoms with Gasteiger partial charge < -0.3 is 24.3 Å². The highest BCUT2D eigenvalue weighted by Crippen LogP contribution is 2.38. The monoisotopic (exact) mass is 461 g/mol. The lowest BCUT2D eigenvalue weighted by Crippen LogP contribution is -2.08. The van der Waals surface area contributed by atoms with E-state index in [-0.39, 0.29) is 6.79 Å². The minimum Gasteiger partial charge on any atom is -0.493 e. The van der Waals surface area contributed by atoms with E-state index in [9.17, 15) is 0 Å². The number of anilines is 1. The number of aryl methyl sites for hydroxylation is 1. The van der Waals surface area contributed by atoms with Crippen LogP contribution in [0.2, 0.25) is 0 Å². The van der Waals surface area contributed by atoms with Crippen molar-refractivity contribution >= 4 is 21.9 Å². The van der Waals surface area contributed by atoms with Crippen molar-refractivity contribution in [1.82, 2.24) is 20.2 Å². The molecule has 2 aromatic carbocycles. The first kappa shape index (κ1) is 19.3. The van der Waals surface area contributed by atoms with Crippen molar-refractivity contribution < 1.29 is 18.9 Å². The molecule has 1 N–H and O–H groups in total. The molecule has 10 heteroatoms. The molecular formula is C19H20BrN5O4. The lowest BCUT2D eigenvalue weighted by Gasteiger charge is -2.15. The average Bonchev–Trinajstić information content (AvgIpc) is 3.39. The van der Waals surface area contributed by atoms with Gasteiger partial charge in [-0.1, -0.05) is 11.2 Å². The maximum Gasteiger partial charge on any atom is 0.243 e. The van der Waals surface area contributed by atoms with E-state index in [1.54, 1.807) is 11.8 Å². The molecule has 4 rings (SSSR count). The third-order valence-electron chi connectivity index (χ3n) is 4.39. The Morgan fingerprint density at radius 2 is 2.03 bits per heavy atom. The Morgan fingerprint density at radius 1 is 1.17 bits per heavy atom. The molecule has 0 fully saturated rings. The zero-order valence-electron chi connectivity index (χ0n) is 16.0. The van der Waals surface area contributed by atoms with Crippen LogP contribution >= 0.6 is 15.9 Å². The Kier molecular flexibility index (Phi) is 5.70. The number of methoxy groups -OCH3 is 1. The van der Waals surface area contributed by atoms with Crippen LogP contribution in [-0.4, -0.2) is 34.1 Å². The van der Waals surface area contributed by atoms with Crippen molar-refractivity contribution in [3.8, 4) is 23.0 Å². The van der Waals surface area contributed by atoms with Gasteiger partial charge in [-0.3, -0.25) is 0 Å². The molecule has 0 unspecified atom stereocenters. The third kappa shape index (κ3) is 4.21. The number of aromatic nitrogens is 4. The predicted molar refractivity (Wildman–Crippen MR) is 108 cm³/mol. The fourth-order valence-corrected chi connectivity index (χ4v) is 3.53. The second kappa shape index (κ2) is 8.56. The van der Waals surface area contributed by atoms with Gasteiger partial charge in [-0.2, -0.15) is 0 Å². The molecule has 0 saturated carbocycles. The normalized spacial score (nSPS) is 12.1. The zero-order valence-corrected chi connectivity index (χ0v) is 17.6. The summed E-state index contributed by atoms with van der Waals surface area (Å²) in [5, 5.41) is 14.8. The lowest BCUT2D eigenvalue weighted by molar-refractivity contribution is 0.174. The minimum atomic E-state index is 0.249. The highest BCUT2D eigenvalue weighted by atomic mass is 79.9. The predicted octanol–water partition coefficient (Wildman–Crippen LogP) is 3.38. The highest BCUT2D eigenvalue weighted by Gasteiger charge is 2.16. The number of benzene rings is 2. The Labute approximate surface area is 176 Å². The SMILES string of the molecule is CCn1nnnc1NCc1cc(Br)c(OCc2ccc3c(c2)OCO3)c(OC)c1. The lowest BCUT2D eigenvalue weighted by atomic mass is 10.2. The summed E-state index contributed by atoms with van der Waals surface area (Å²) in [5.74, 6) is 3.36. The second-order valence-corrected chi connectivity index (χ2v) is 7.11. The standard InChI is InChI=1S/C19H20BrN5O4/c1-3-25-19(22-23-24-25)21-9-13-6-14(20)18(17(8-13)26-2)27-10-12-4-5-15-16(7-12)29-11-28-15/h4-8H,3,9-11H2,1-2H3,(H,21,22,24). The summed E-state index contributed by atoms with van der Waals surface area (Å²) in [4.78, 5) is 0. The number of nitrogens with one attached hydrogen (secondary N) is 1. The molecule has 3 aromatic rings. The summed E-state index contributed by atoms with van der Waals surface area (Å²) in [6, 6.07) is 9.65.